The largest absolute Gasteiger partial charge is 0.481 e. The summed E-state index contributed by atoms with van der Waals surface area (Å²) in [7, 11) is 0. The Kier molecular flexibility index (Phi) is 4.07. The molecule has 3 saturated carbocycles. The second-order valence-corrected chi connectivity index (χ2v) is 10.6. The molecule has 1 unspecified atom stereocenters. The highest BCUT2D eigenvalue weighted by molar-refractivity contribution is 6.10. The first-order valence-electron chi connectivity index (χ1n) is 12.2. The minimum Gasteiger partial charge on any atom is -0.481 e. The number of nitrogens with zero attached hydrogens (tertiary/aromatic N) is 3. The number of aliphatic imine (C=N–C) groups is 1. The van der Waals surface area contributed by atoms with Crippen LogP contribution in [0.2, 0.25) is 0 Å². The van der Waals surface area contributed by atoms with E-state index in [-0.39, 0.29) is 22.9 Å². The van der Waals surface area contributed by atoms with Gasteiger partial charge < -0.3 is 15.0 Å². The van der Waals surface area contributed by atoms with E-state index in [0.29, 0.717) is 24.9 Å². The summed E-state index contributed by atoms with van der Waals surface area (Å²) in [5, 5.41) is 13.9. The molecular formula is C28H26N4O3. The lowest BCUT2D eigenvalue weighted by atomic mass is 10.0. The van der Waals surface area contributed by atoms with Crippen molar-refractivity contribution in [2.45, 2.75) is 50.2 Å². The number of fused-ring (bicyclic) bond motifs is 2. The van der Waals surface area contributed by atoms with E-state index in [0.717, 1.165) is 41.3 Å². The maximum absolute atomic E-state index is 13.5. The Morgan fingerprint density at radius 1 is 1.11 bits per heavy atom. The molecule has 3 fully saturated rings. The fourth-order valence-corrected chi connectivity index (χ4v) is 6.42. The summed E-state index contributed by atoms with van der Waals surface area (Å²) in [6.07, 6.45) is 13.7. The second kappa shape index (κ2) is 6.90. The number of carbonyl (C=O) groups excluding carboxylic acids is 1. The van der Waals surface area contributed by atoms with E-state index in [1.165, 1.54) is 0 Å². The monoisotopic (exact) mass is 466 g/mol. The standard InChI is InChI=1S/C28H26N4O3/c33-24(31-28(9-10-28)27-16-26(27,17-27)25(34)35)22-3-1-2-19-8-13-32(23(19)22)15-21-5-4-20(14-30-21)18-6-11-29-12-7-18/h1-4,6-8,11-14,21H,5,9-10,15-17H2,(H,31,33)(H,34,35). The Bertz CT molecular complexity index is 1440. The molecule has 35 heavy (non-hydrogen) atoms. The van der Waals surface area contributed by atoms with E-state index in [1.54, 1.807) is 12.4 Å². The van der Waals surface area contributed by atoms with Crippen LogP contribution in [-0.4, -0.2) is 44.3 Å². The first-order valence-corrected chi connectivity index (χ1v) is 12.2. The van der Waals surface area contributed by atoms with Gasteiger partial charge in [-0.05, 0) is 67.5 Å². The third-order valence-corrected chi connectivity index (χ3v) is 8.79. The lowest BCUT2D eigenvalue weighted by Crippen LogP contribution is -2.41. The topological polar surface area (TPSA) is 96.6 Å². The fourth-order valence-electron chi connectivity index (χ4n) is 6.42. The van der Waals surface area contributed by atoms with Gasteiger partial charge in [-0.3, -0.25) is 19.6 Å². The molecule has 0 spiro atoms. The van der Waals surface area contributed by atoms with E-state index in [2.05, 4.69) is 20.9 Å². The van der Waals surface area contributed by atoms with E-state index < -0.39 is 11.4 Å². The number of carboxylic acid groups (broad SMARTS) is 1. The molecule has 7 nitrogen and oxygen atoms in total. The van der Waals surface area contributed by atoms with Gasteiger partial charge in [-0.1, -0.05) is 18.2 Å². The molecule has 3 aromatic rings. The number of para-hydroxylation sites is 1. The Morgan fingerprint density at radius 3 is 2.57 bits per heavy atom. The quantitative estimate of drug-likeness (QED) is 0.548. The molecule has 1 atom stereocenters. The molecule has 1 aromatic carbocycles. The third-order valence-electron chi connectivity index (χ3n) is 8.79. The van der Waals surface area contributed by atoms with E-state index in [1.807, 2.05) is 48.8 Å². The molecule has 3 heterocycles. The number of benzene rings is 1. The van der Waals surface area contributed by atoms with Crippen LogP contribution in [-0.2, 0) is 11.3 Å². The molecule has 3 aliphatic carbocycles. The third kappa shape index (κ3) is 2.90. The van der Waals surface area contributed by atoms with Gasteiger partial charge in [0, 0.05) is 47.7 Å². The number of hydrogen-bond acceptors (Lipinski definition) is 4. The Labute approximate surface area is 202 Å². The summed E-state index contributed by atoms with van der Waals surface area (Å²) >= 11 is 0. The average Bonchev–Trinajstić information content (AvgIpc) is 3.79. The van der Waals surface area contributed by atoms with Gasteiger partial charge in [0.15, 0.2) is 0 Å². The highest BCUT2D eigenvalue weighted by Gasteiger charge is 2.95. The summed E-state index contributed by atoms with van der Waals surface area (Å²) in [5.74, 6) is -0.810. The van der Waals surface area contributed by atoms with Crippen LogP contribution >= 0.6 is 0 Å². The minimum atomic E-state index is -0.705. The molecule has 2 aromatic heterocycles. The molecule has 1 aliphatic heterocycles. The van der Waals surface area contributed by atoms with Crippen LogP contribution < -0.4 is 5.32 Å². The molecule has 7 heteroatoms. The first kappa shape index (κ1) is 20.6. The molecule has 4 aliphatic rings. The van der Waals surface area contributed by atoms with Crippen LogP contribution in [0.3, 0.4) is 0 Å². The highest BCUT2D eigenvalue weighted by Crippen LogP contribution is 2.93. The van der Waals surface area contributed by atoms with E-state index >= 15 is 0 Å². The highest BCUT2D eigenvalue weighted by atomic mass is 16.4. The number of aliphatic carboxylic acids is 1. The summed E-state index contributed by atoms with van der Waals surface area (Å²) < 4.78 is 2.13. The van der Waals surface area contributed by atoms with Crippen molar-refractivity contribution < 1.29 is 14.7 Å². The van der Waals surface area contributed by atoms with Crippen molar-refractivity contribution >= 4 is 34.6 Å². The van der Waals surface area contributed by atoms with Crippen LogP contribution in [0.15, 0.2) is 66.1 Å². The molecular weight excluding hydrogens is 440 g/mol. The van der Waals surface area contributed by atoms with Crippen molar-refractivity contribution in [1.29, 1.82) is 0 Å². The summed E-state index contributed by atoms with van der Waals surface area (Å²) in [5.41, 5.74) is 2.63. The fraction of sp³-hybridized carbons (Fsp3) is 0.357. The smallest absolute Gasteiger partial charge is 0.310 e. The zero-order valence-corrected chi connectivity index (χ0v) is 19.3. The van der Waals surface area contributed by atoms with Crippen molar-refractivity contribution in [3.63, 3.8) is 0 Å². The van der Waals surface area contributed by atoms with Crippen molar-refractivity contribution in [2.24, 2.45) is 15.8 Å². The SMILES string of the molecule is O=C(NC1(C23CC2(C(=O)O)C3)CC1)c1cccc2ccn(CC3CC=C(c4ccncc4)C=N3)c12. The predicted octanol–water partition coefficient (Wildman–Crippen LogP) is 4.09. The molecule has 0 saturated heterocycles. The maximum atomic E-state index is 13.5. The van der Waals surface area contributed by atoms with Gasteiger partial charge in [-0.2, -0.15) is 0 Å². The van der Waals surface area contributed by atoms with Crippen LogP contribution in [0.4, 0.5) is 0 Å². The summed E-state index contributed by atoms with van der Waals surface area (Å²) in [6.45, 7) is 0.682. The number of dihydropyridines is 1. The zero-order chi connectivity index (χ0) is 23.8. The molecule has 176 valence electrons. The van der Waals surface area contributed by atoms with Gasteiger partial charge in [0.2, 0.25) is 0 Å². The van der Waals surface area contributed by atoms with Gasteiger partial charge in [0.25, 0.3) is 5.91 Å². The lowest BCUT2D eigenvalue weighted by Gasteiger charge is -2.22. The van der Waals surface area contributed by atoms with Gasteiger partial charge in [-0.25, -0.2) is 0 Å². The average molecular weight is 467 g/mol. The Morgan fingerprint density at radius 2 is 1.91 bits per heavy atom. The first-order chi connectivity index (χ1) is 17.0. The number of rotatable bonds is 7. The van der Waals surface area contributed by atoms with Crippen molar-refractivity contribution in [3.05, 3.63) is 72.2 Å². The maximum Gasteiger partial charge on any atom is 0.310 e. The zero-order valence-electron chi connectivity index (χ0n) is 19.3. The van der Waals surface area contributed by atoms with Crippen molar-refractivity contribution in [1.82, 2.24) is 14.9 Å². The van der Waals surface area contributed by atoms with Crippen molar-refractivity contribution in [3.8, 4) is 0 Å². The summed E-state index contributed by atoms with van der Waals surface area (Å²) in [4.78, 5) is 34.1. The number of amides is 1. The van der Waals surface area contributed by atoms with Crippen LogP contribution in [0.1, 0.15) is 48.0 Å². The number of carbonyl (C=O) groups is 2. The Hall–Kier alpha value is -3.74. The number of carboxylic acids is 1. The molecule has 2 N–H and O–H groups in total. The number of aromatic nitrogens is 2. The van der Waals surface area contributed by atoms with E-state index in [9.17, 15) is 14.7 Å². The second-order valence-electron chi connectivity index (χ2n) is 10.6. The van der Waals surface area contributed by atoms with Gasteiger partial charge in [-0.15, -0.1) is 0 Å². The molecule has 0 radical (unpaired) electrons. The van der Waals surface area contributed by atoms with Crippen LogP contribution in [0, 0.1) is 10.8 Å². The molecule has 7 rings (SSSR count). The number of hydrogen-bond donors (Lipinski definition) is 2. The van der Waals surface area contributed by atoms with Crippen LogP contribution in [0.5, 0.6) is 0 Å². The molecule has 0 bridgehead atoms. The lowest BCUT2D eigenvalue weighted by molar-refractivity contribution is -0.141. The van der Waals surface area contributed by atoms with Gasteiger partial charge in [0.1, 0.15) is 0 Å². The van der Waals surface area contributed by atoms with Gasteiger partial charge in [0.05, 0.1) is 22.5 Å². The Balaban J connectivity index is 1.11. The van der Waals surface area contributed by atoms with Crippen molar-refractivity contribution in [2.75, 3.05) is 0 Å². The number of allylic oxidation sites excluding steroid dienone is 1. The summed E-state index contributed by atoms with van der Waals surface area (Å²) in [6, 6.07) is 11.9. The minimum absolute atomic E-state index is 0.0927. The number of nitrogens with one attached hydrogen (secondary N) is 1. The van der Waals surface area contributed by atoms with E-state index in [4.69, 9.17) is 4.99 Å². The van der Waals surface area contributed by atoms with Gasteiger partial charge >= 0.3 is 5.97 Å². The van der Waals surface area contributed by atoms with Crippen LogP contribution in [0.25, 0.3) is 16.5 Å². The predicted molar refractivity (Wildman–Crippen MR) is 132 cm³/mol. The number of pyridine rings is 1. The normalized spacial score (nSPS) is 29.3. The molecule has 1 amide bonds.